The summed E-state index contributed by atoms with van der Waals surface area (Å²) in [5.41, 5.74) is 3.06. The first-order valence-electron chi connectivity index (χ1n) is 8.62. The standard InChI is InChI=1S/C21H13ClN4O2/c1-12-19-17(11-26(25-19)15-8-6-14(22)7-9-15)20(24-23-12)16-10-13-4-2-3-5-18(13)28-21(16)27/h2-11H,1H3. The van der Waals surface area contributed by atoms with Crippen molar-refractivity contribution in [2.45, 2.75) is 6.92 Å². The molecule has 0 unspecified atom stereocenters. The number of fused-ring (bicyclic) bond motifs is 2. The van der Waals surface area contributed by atoms with Crippen molar-refractivity contribution in [3.8, 4) is 16.9 Å². The summed E-state index contributed by atoms with van der Waals surface area (Å²) in [6.07, 6.45) is 1.84. The Balaban J connectivity index is 1.77. The van der Waals surface area contributed by atoms with Crippen molar-refractivity contribution >= 4 is 33.5 Å². The molecule has 0 aliphatic carbocycles. The zero-order valence-electron chi connectivity index (χ0n) is 14.8. The third-order valence-corrected chi connectivity index (χ3v) is 4.85. The number of benzene rings is 2. The van der Waals surface area contributed by atoms with Gasteiger partial charge in [0.15, 0.2) is 0 Å². The molecule has 0 radical (unpaired) electrons. The molecule has 3 heterocycles. The Hall–Kier alpha value is -3.51. The lowest BCUT2D eigenvalue weighted by Crippen LogP contribution is -2.05. The Labute approximate surface area is 164 Å². The minimum atomic E-state index is -0.461. The molecule has 5 rings (SSSR count). The maximum atomic E-state index is 12.6. The summed E-state index contributed by atoms with van der Waals surface area (Å²) in [7, 11) is 0. The fraction of sp³-hybridized carbons (Fsp3) is 0.0476. The first-order valence-corrected chi connectivity index (χ1v) is 9.00. The first-order chi connectivity index (χ1) is 13.6. The van der Waals surface area contributed by atoms with Crippen LogP contribution in [0.25, 0.3) is 38.8 Å². The van der Waals surface area contributed by atoms with E-state index in [-0.39, 0.29) is 0 Å². The van der Waals surface area contributed by atoms with Crippen LogP contribution in [0.1, 0.15) is 5.69 Å². The van der Waals surface area contributed by atoms with Crippen LogP contribution < -0.4 is 5.63 Å². The van der Waals surface area contributed by atoms with Gasteiger partial charge >= 0.3 is 5.63 Å². The predicted molar refractivity (Wildman–Crippen MR) is 108 cm³/mol. The minimum absolute atomic E-state index is 0.354. The van der Waals surface area contributed by atoms with Crippen molar-refractivity contribution < 1.29 is 4.42 Å². The van der Waals surface area contributed by atoms with Gasteiger partial charge in [0.25, 0.3) is 0 Å². The predicted octanol–water partition coefficient (Wildman–Crippen LogP) is 4.55. The second-order valence-electron chi connectivity index (χ2n) is 6.43. The van der Waals surface area contributed by atoms with E-state index >= 15 is 0 Å². The lowest BCUT2D eigenvalue weighted by atomic mass is 10.1. The van der Waals surface area contributed by atoms with Crippen LogP contribution in [-0.4, -0.2) is 20.0 Å². The molecule has 5 aromatic rings. The van der Waals surface area contributed by atoms with Gasteiger partial charge in [-0.1, -0.05) is 29.8 Å². The Morgan fingerprint density at radius 3 is 2.64 bits per heavy atom. The average Bonchev–Trinajstić information content (AvgIpc) is 3.15. The summed E-state index contributed by atoms with van der Waals surface area (Å²) >= 11 is 5.98. The maximum Gasteiger partial charge on any atom is 0.345 e. The largest absolute Gasteiger partial charge is 0.422 e. The Bertz CT molecular complexity index is 1400. The van der Waals surface area contributed by atoms with Gasteiger partial charge < -0.3 is 4.42 Å². The normalized spacial score (nSPS) is 11.4. The number of rotatable bonds is 2. The summed E-state index contributed by atoms with van der Waals surface area (Å²) in [5.74, 6) is 0. The van der Waals surface area contributed by atoms with E-state index in [4.69, 9.17) is 16.0 Å². The molecule has 0 spiro atoms. The first kappa shape index (κ1) is 16.6. The molecule has 2 aromatic carbocycles. The molecule has 0 amide bonds. The Morgan fingerprint density at radius 1 is 1.04 bits per heavy atom. The molecule has 136 valence electrons. The maximum absolute atomic E-state index is 12.6. The third-order valence-electron chi connectivity index (χ3n) is 4.60. The minimum Gasteiger partial charge on any atom is -0.422 e. The van der Waals surface area contributed by atoms with Crippen LogP contribution in [0.15, 0.2) is 70.0 Å². The molecule has 0 saturated carbocycles. The van der Waals surface area contributed by atoms with Crippen LogP contribution in [0.4, 0.5) is 0 Å². The quantitative estimate of drug-likeness (QED) is 0.415. The number of hydrogen-bond donors (Lipinski definition) is 0. The van der Waals surface area contributed by atoms with E-state index in [1.165, 1.54) is 0 Å². The highest BCUT2D eigenvalue weighted by Crippen LogP contribution is 2.28. The van der Waals surface area contributed by atoms with E-state index in [2.05, 4.69) is 15.3 Å². The molecule has 0 saturated heterocycles. The van der Waals surface area contributed by atoms with Gasteiger partial charge in [-0.2, -0.15) is 10.2 Å². The summed E-state index contributed by atoms with van der Waals surface area (Å²) < 4.78 is 7.19. The molecule has 6 nitrogen and oxygen atoms in total. The summed E-state index contributed by atoms with van der Waals surface area (Å²) in [4.78, 5) is 12.6. The number of nitrogens with zero attached hydrogens (tertiary/aromatic N) is 4. The SMILES string of the molecule is Cc1nnc(-c2cc3ccccc3oc2=O)c2cn(-c3ccc(Cl)cc3)nc12. The van der Waals surface area contributed by atoms with E-state index in [0.29, 0.717) is 33.1 Å². The van der Waals surface area contributed by atoms with Gasteiger partial charge in [-0.3, -0.25) is 0 Å². The molecule has 28 heavy (non-hydrogen) atoms. The number of hydrogen-bond acceptors (Lipinski definition) is 5. The molecule has 3 aromatic heterocycles. The van der Waals surface area contributed by atoms with Gasteiger partial charge in [0.2, 0.25) is 0 Å². The van der Waals surface area contributed by atoms with Crippen molar-refractivity contribution in [1.29, 1.82) is 0 Å². The van der Waals surface area contributed by atoms with E-state index in [0.717, 1.165) is 16.5 Å². The molecule has 0 atom stereocenters. The number of halogens is 1. The van der Waals surface area contributed by atoms with Crippen LogP contribution in [0.5, 0.6) is 0 Å². The second kappa shape index (κ2) is 6.28. The van der Waals surface area contributed by atoms with Crippen molar-refractivity contribution in [3.05, 3.63) is 81.9 Å². The Kier molecular flexibility index (Phi) is 3.74. The second-order valence-corrected chi connectivity index (χ2v) is 6.87. The summed E-state index contributed by atoms with van der Waals surface area (Å²) in [6.45, 7) is 1.83. The van der Waals surface area contributed by atoms with Gasteiger partial charge in [0.1, 0.15) is 16.8 Å². The molecule has 0 aliphatic rings. The van der Waals surface area contributed by atoms with Crippen LogP contribution in [0.3, 0.4) is 0 Å². The molecular weight excluding hydrogens is 376 g/mol. The molecule has 0 fully saturated rings. The van der Waals surface area contributed by atoms with Crippen molar-refractivity contribution in [1.82, 2.24) is 20.0 Å². The Morgan fingerprint density at radius 2 is 1.82 bits per heavy atom. The van der Waals surface area contributed by atoms with E-state index < -0.39 is 5.63 Å². The zero-order valence-corrected chi connectivity index (χ0v) is 15.5. The fourth-order valence-corrected chi connectivity index (χ4v) is 3.32. The van der Waals surface area contributed by atoms with Gasteiger partial charge in [-0.15, -0.1) is 5.10 Å². The third kappa shape index (κ3) is 2.66. The number of para-hydroxylation sites is 1. The van der Waals surface area contributed by atoms with E-state index in [1.807, 2.05) is 43.5 Å². The highest BCUT2D eigenvalue weighted by atomic mass is 35.5. The topological polar surface area (TPSA) is 73.8 Å². The van der Waals surface area contributed by atoms with Crippen LogP contribution in [-0.2, 0) is 0 Å². The smallest absolute Gasteiger partial charge is 0.345 e. The lowest BCUT2D eigenvalue weighted by Gasteiger charge is -2.03. The monoisotopic (exact) mass is 388 g/mol. The van der Waals surface area contributed by atoms with E-state index in [1.54, 1.807) is 28.9 Å². The van der Waals surface area contributed by atoms with Gasteiger partial charge in [-0.05, 0) is 43.3 Å². The molecule has 0 aliphatic heterocycles. The molecular formula is C21H13ClN4O2. The van der Waals surface area contributed by atoms with Crippen molar-refractivity contribution in [3.63, 3.8) is 0 Å². The van der Waals surface area contributed by atoms with Crippen LogP contribution >= 0.6 is 11.6 Å². The fourth-order valence-electron chi connectivity index (χ4n) is 3.19. The van der Waals surface area contributed by atoms with Gasteiger partial charge in [0.05, 0.1) is 22.3 Å². The number of aromatic nitrogens is 4. The van der Waals surface area contributed by atoms with E-state index in [9.17, 15) is 4.79 Å². The lowest BCUT2D eigenvalue weighted by molar-refractivity contribution is 0.563. The summed E-state index contributed by atoms with van der Waals surface area (Å²) in [5, 5.41) is 15.3. The highest BCUT2D eigenvalue weighted by Gasteiger charge is 2.17. The van der Waals surface area contributed by atoms with Crippen LogP contribution in [0.2, 0.25) is 5.02 Å². The van der Waals surface area contributed by atoms with Gasteiger partial charge in [-0.25, -0.2) is 9.48 Å². The molecule has 7 heteroatoms. The summed E-state index contributed by atoms with van der Waals surface area (Å²) in [6, 6.07) is 16.5. The van der Waals surface area contributed by atoms with Crippen molar-refractivity contribution in [2.24, 2.45) is 0 Å². The molecule has 0 bridgehead atoms. The van der Waals surface area contributed by atoms with Crippen LogP contribution in [0, 0.1) is 6.92 Å². The average molecular weight is 389 g/mol. The molecule has 0 N–H and O–H groups in total. The van der Waals surface area contributed by atoms with Crippen molar-refractivity contribution in [2.75, 3.05) is 0 Å². The zero-order chi connectivity index (χ0) is 19.3. The van der Waals surface area contributed by atoms with Gasteiger partial charge in [0, 0.05) is 16.6 Å². The highest BCUT2D eigenvalue weighted by molar-refractivity contribution is 6.30. The number of aryl methyl sites for hydroxylation is 1.